The number of carbonyl (C=O) groups excluding carboxylic acids is 2. The van der Waals surface area contributed by atoms with E-state index in [1.807, 2.05) is 0 Å². The molecule has 2 rings (SSSR count). The van der Waals surface area contributed by atoms with Gasteiger partial charge in [0.15, 0.2) is 11.5 Å². The van der Waals surface area contributed by atoms with E-state index in [2.05, 4.69) is 5.32 Å². The van der Waals surface area contributed by atoms with Crippen molar-refractivity contribution in [2.45, 2.75) is 12.5 Å². The molecule has 1 aromatic rings. The van der Waals surface area contributed by atoms with Gasteiger partial charge in [-0.3, -0.25) is 9.59 Å². The SMILES string of the molecule is COc1cc(C(=O)N[C@@H]2CCSC2=O)cc(OC)c1OC. The fourth-order valence-corrected chi connectivity index (χ4v) is 3.01. The molecule has 1 saturated heterocycles. The van der Waals surface area contributed by atoms with Gasteiger partial charge in [-0.15, -0.1) is 0 Å². The van der Waals surface area contributed by atoms with E-state index in [9.17, 15) is 9.59 Å². The number of hydrogen-bond donors (Lipinski definition) is 1. The quantitative estimate of drug-likeness (QED) is 0.888. The minimum atomic E-state index is -0.429. The summed E-state index contributed by atoms with van der Waals surface area (Å²) in [6, 6.07) is 2.69. The van der Waals surface area contributed by atoms with Crippen LogP contribution in [0.4, 0.5) is 0 Å². The lowest BCUT2D eigenvalue weighted by atomic mass is 10.1. The maximum absolute atomic E-state index is 12.3. The summed E-state index contributed by atoms with van der Waals surface area (Å²) in [6.07, 6.45) is 0.652. The predicted octanol–water partition coefficient (Wildman–Crippen LogP) is 1.47. The molecule has 1 aliphatic heterocycles. The molecule has 0 radical (unpaired) electrons. The average molecular weight is 311 g/mol. The number of carbonyl (C=O) groups is 2. The largest absolute Gasteiger partial charge is 0.493 e. The smallest absolute Gasteiger partial charge is 0.252 e. The van der Waals surface area contributed by atoms with Gasteiger partial charge < -0.3 is 19.5 Å². The van der Waals surface area contributed by atoms with Gasteiger partial charge >= 0.3 is 0 Å². The first-order chi connectivity index (χ1) is 10.1. The van der Waals surface area contributed by atoms with Gasteiger partial charge in [-0.05, 0) is 18.6 Å². The van der Waals surface area contributed by atoms with Crippen LogP contribution in [0.3, 0.4) is 0 Å². The Morgan fingerprint density at radius 2 is 1.81 bits per heavy atom. The molecular weight excluding hydrogens is 294 g/mol. The third-order valence-corrected chi connectivity index (χ3v) is 4.18. The van der Waals surface area contributed by atoms with Crippen LogP contribution in [0.15, 0.2) is 12.1 Å². The van der Waals surface area contributed by atoms with Crippen molar-refractivity contribution in [3.05, 3.63) is 17.7 Å². The zero-order valence-electron chi connectivity index (χ0n) is 12.1. The zero-order chi connectivity index (χ0) is 15.4. The highest BCUT2D eigenvalue weighted by Gasteiger charge is 2.27. The maximum atomic E-state index is 12.3. The predicted molar refractivity (Wildman–Crippen MR) is 79.4 cm³/mol. The second-order valence-corrected chi connectivity index (χ2v) is 5.50. The molecule has 0 aliphatic carbocycles. The molecule has 1 aromatic carbocycles. The van der Waals surface area contributed by atoms with E-state index in [4.69, 9.17) is 14.2 Å². The van der Waals surface area contributed by atoms with Gasteiger partial charge in [0.1, 0.15) is 0 Å². The highest BCUT2D eigenvalue weighted by molar-refractivity contribution is 8.14. The maximum Gasteiger partial charge on any atom is 0.252 e. The van der Waals surface area contributed by atoms with Crippen LogP contribution in [-0.4, -0.2) is 44.1 Å². The summed E-state index contributed by atoms with van der Waals surface area (Å²) in [4.78, 5) is 23.8. The van der Waals surface area contributed by atoms with E-state index < -0.39 is 6.04 Å². The fraction of sp³-hybridized carbons (Fsp3) is 0.429. The van der Waals surface area contributed by atoms with Crippen molar-refractivity contribution in [1.29, 1.82) is 0 Å². The van der Waals surface area contributed by atoms with E-state index in [-0.39, 0.29) is 11.0 Å². The lowest BCUT2D eigenvalue weighted by Crippen LogP contribution is -2.37. The highest BCUT2D eigenvalue weighted by Crippen LogP contribution is 2.38. The highest BCUT2D eigenvalue weighted by atomic mass is 32.2. The van der Waals surface area contributed by atoms with Crippen molar-refractivity contribution in [2.75, 3.05) is 27.1 Å². The second-order valence-electron chi connectivity index (χ2n) is 4.40. The standard InChI is InChI=1S/C14H17NO5S/c1-18-10-6-8(7-11(19-2)12(10)20-3)13(16)15-9-4-5-21-14(9)17/h6-7,9H,4-5H2,1-3H3,(H,15,16)/t9-/m1/s1. The third-order valence-electron chi connectivity index (χ3n) is 3.17. The van der Waals surface area contributed by atoms with Gasteiger partial charge in [0.2, 0.25) is 10.9 Å². The van der Waals surface area contributed by atoms with E-state index in [0.29, 0.717) is 29.2 Å². The van der Waals surface area contributed by atoms with Crippen LogP contribution in [0.1, 0.15) is 16.8 Å². The number of nitrogens with one attached hydrogen (secondary N) is 1. The minimum Gasteiger partial charge on any atom is -0.493 e. The number of rotatable bonds is 5. The molecule has 1 amide bonds. The summed E-state index contributed by atoms with van der Waals surface area (Å²) in [7, 11) is 4.46. The monoisotopic (exact) mass is 311 g/mol. The molecule has 7 heteroatoms. The summed E-state index contributed by atoms with van der Waals surface area (Å²) in [5.74, 6) is 1.61. The normalized spacial score (nSPS) is 17.5. The van der Waals surface area contributed by atoms with Gasteiger partial charge in [-0.1, -0.05) is 11.8 Å². The van der Waals surface area contributed by atoms with Crippen LogP contribution < -0.4 is 19.5 Å². The Morgan fingerprint density at radius 1 is 1.19 bits per heavy atom. The van der Waals surface area contributed by atoms with Gasteiger partial charge in [-0.2, -0.15) is 0 Å². The van der Waals surface area contributed by atoms with Gasteiger partial charge in [0.05, 0.1) is 27.4 Å². The molecule has 0 unspecified atom stereocenters. The molecule has 1 atom stereocenters. The Kier molecular flexibility index (Phi) is 4.95. The molecule has 114 valence electrons. The molecule has 1 heterocycles. The number of ether oxygens (including phenoxy) is 3. The molecule has 0 aromatic heterocycles. The van der Waals surface area contributed by atoms with Crippen LogP contribution in [0.25, 0.3) is 0 Å². The van der Waals surface area contributed by atoms with Crippen LogP contribution in [-0.2, 0) is 4.79 Å². The van der Waals surface area contributed by atoms with Crippen LogP contribution in [0.5, 0.6) is 17.2 Å². The minimum absolute atomic E-state index is 0.00390. The second kappa shape index (κ2) is 6.71. The molecule has 0 saturated carbocycles. The summed E-state index contributed by atoms with van der Waals surface area (Å²) in [5.41, 5.74) is 0.356. The van der Waals surface area contributed by atoms with Crippen molar-refractivity contribution in [3.63, 3.8) is 0 Å². The Balaban J connectivity index is 2.26. The topological polar surface area (TPSA) is 73.9 Å². The summed E-state index contributed by atoms with van der Waals surface area (Å²) in [5, 5.41) is 2.72. The Bertz CT molecular complexity index is 535. The van der Waals surface area contributed by atoms with Crippen molar-refractivity contribution < 1.29 is 23.8 Å². The van der Waals surface area contributed by atoms with Crippen molar-refractivity contribution >= 4 is 22.8 Å². The third kappa shape index (κ3) is 3.24. The van der Waals surface area contributed by atoms with Crippen LogP contribution >= 0.6 is 11.8 Å². The fourth-order valence-electron chi connectivity index (χ4n) is 2.08. The summed E-state index contributed by atoms with van der Waals surface area (Å²) in [6.45, 7) is 0. The van der Waals surface area contributed by atoms with Crippen molar-refractivity contribution in [2.24, 2.45) is 0 Å². The van der Waals surface area contributed by atoms with E-state index >= 15 is 0 Å². The van der Waals surface area contributed by atoms with Gasteiger partial charge in [0, 0.05) is 11.3 Å². The molecule has 0 spiro atoms. The van der Waals surface area contributed by atoms with E-state index in [1.165, 1.54) is 33.1 Å². The number of methoxy groups -OCH3 is 3. The van der Waals surface area contributed by atoms with Crippen molar-refractivity contribution in [3.8, 4) is 17.2 Å². The van der Waals surface area contributed by atoms with Gasteiger partial charge in [-0.25, -0.2) is 0 Å². The zero-order valence-corrected chi connectivity index (χ0v) is 12.9. The number of thioether (sulfide) groups is 1. The molecule has 1 fully saturated rings. The number of hydrogen-bond acceptors (Lipinski definition) is 6. The summed E-state index contributed by atoms with van der Waals surface area (Å²) < 4.78 is 15.6. The van der Waals surface area contributed by atoms with E-state index in [0.717, 1.165) is 5.75 Å². The van der Waals surface area contributed by atoms with Crippen molar-refractivity contribution in [1.82, 2.24) is 5.32 Å². The Morgan fingerprint density at radius 3 is 2.24 bits per heavy atom. The first kappa shape index (κ1) is 15.5. The van der Waals surface area contributed by atoms with Crippen LogP contribution in [0, 0.1) is 0 Å². The van der Waals surface area contributed by atoms with E-state index in [1.54, 1.807) is 12.1 Å². The van der Waals surface area contributed by atoms with Crippen LogP contribution in [0.2, 0.25) is 0 Å². The molecule has 6 nitrogen and oxygen atoms in total. The lowest BCUT2D eigenvalue weighted by Gasteiger charge is -2.15. The molecule has 1 aliphatic rings. The Hall–Kier alpha value is -1.89. The molecule has 21 heavy (non-hydrogen) atoms. The lowest BCUT2D eigenvalue weighted by molar-refractivity contribution is -0.112. The summed E-state index contributed by atoms with van der Waals surface area (Å²) >= 11 is 1.24. The Labute approximate surface area is 127 Å². The molecular formula is C14H17NO5S. The first-order valence-electron chi connectivity index (χ1n) is 6.38. The first-order valence-corrected chi connectivity index (χ1v) is 7.36. The molecule has 1 N–H and O–H groups in total. The number of amides is 1. The van der Waals surface area contributed by atoms with Gasteiger partial charge in [0.25, 0.3) is 5.91 Å². The molecule has 0 bridgehead atoms. The average Bonchev–Trinajstić information content (AvgIpc) is 2.90. The number of benzene rings is 1.